The van der Waals surface area contributed by atoms with Crippen LogP contribution in [0.2, 0.25) is 0 Å². The van der Waals surface area contributed by atoms with Crippen LogP contribution >= 0.6 is 27.3 Å². The van der Waals surface area contributed by atoms with Gasteiger partial charge in [0.15, 0.2) is 0 Å². The Morgan fingerprint density at radius 1 is 1.55 bits per heavy atom. The number of thiophene rings is 1. The van der Waals surface area contributed by atoms with Gasteiger partial charge in [-0.15, -0.1) is 11.3 Å². The molecule has 2 aromatic heterocycles. The first-order valence-electron chi connectivity index (χ1n) is 6.70. The molecule has 1 fully saturated rings. The monoisotopic (exact) mass is 353 g/mol. The van der Waals surface area contributed by atoms with Crippen LogP contribution in [-0.2, 0) is 13.0 Å². The van der Waals surface area contributed by atoms with E-state index in [0.29, 0.717) is 5.92 Å². The van der Waals surface area contributed by atoms with Crippen molar-refractivity contribution in [1.82, 2.24) is 14.5 Å². The zero-order valence-electron chi connectivity index (χ0n) is 11.3. The summed E-state index contributed by atoms with van der Waals surface area (Å²) in [5.74, 6) is 1.82. The van der Waals surface area contributed by atoms with Crippen LogP contribution in [0.15, 0.2) is 28.3 Å². The van der Waals surface area contributed by atoms with E-state index in [4.69, 9.17) is 0 Å². The zero-order chi connectivity index (χ0) is 14.1. The van der Waals surface area contributed by atoms with Gasteiger partial charge in [-0.25, -0.2) is 4.98 Å². The molecule has 0 saturated carbocycles. The molecule has 0 bridgehead atoms. The second kappa shape index (κ2) is 5.69. The van der Waals surface area contributed by atoms with E-state index in [0.717, 1.165) is 41.2 Å². The summed E-state index contributed by atoms with van der Waals surface area (Å²) in [6, 6.07) is 1.89. The van der Waals surface area contributed by atoms with Crippen LogP contribution in [0.4, 0.5) is 0 Å². The fourth-order valence-electron chi connectivity index (χ4n) is 2.53. The van der Waals surface area contributed by atoms with E-state index in [1.165, 1.54) is 11.3 Å². The maximum atomic E-state index is 12.2. The highest BCUT2D eigenvalue weighted by Gasteiger charge is 2.32. The smallest absolute Gasteiger partial charge is 0.263 e. The van der Waals surface area contributed by atoms with Gasteiger partial charge in [0.1, 0.15) is 5.82 Å². The molecule has 0 aliphatic carbocycles. The number of aromatic nitrogens is 2. The molecule has 20 heavy (non-hydrogen) atoms. The fraction of sp³-hybridized carbons (Fsp3) is 0.429. The predicted octanol–water partition coefficient (Wildman–Crippen LogP) is 3.04. The second-order valence-corrected chi connectivity index (χ2v) is 6.88. The number of imidazole rings is 1. The highest BCUT2D eigenvalue weighted by Crippen LogP contribution is 2.25. The highest BCUT2D eigenvalue weighted by atomic mass is 79.9. The van der Waals surface area contributed by atoms with E-state index in [1.54, 1.807) is 0 Å². The molecule has 0 spiro atoms. The average Bonchev–Trinajstić information content (AvgIpc) is 3.00. The first kappa shape index (κ1) is 13.8. The molecule has 0 unspecified atom stereocenters. The van der Waals surface area contributed by atoms with Crippen molar-refractivity contribution in [3.63, 3.8) is 0 Å². The standard InChI is InChI=1S/C14H16BrN3OS/c1-2-13-16-3-4-17(13)6-10-7-18(8-10)14(19)12-5-11(15)9-20-12/h3-5,9-10H,2,6-8H2,1H3. The molecule has 1 aliphatic heterocycles. The van der Waals surface area contributed by atoms with Crippen molar-refractivity contribution in [2.75, 3.05) is 13.1 Å². The van der Waals surface area contributed by atoms with E-state index >= 15 is 0 Å². The number of carbonyl (C=O) groups excluding carboxylic acids is 1. The molecule has 4 nitrogen and oxygen atoms in total. The molecule has 0 aromatic carbocycles. The minimum Gasteiger partial charge on any atom is -0.337 e. The molecule has 1 amide bonds. The summed E-state index contributed by atoms with van der Waals surface area (Å²) < 4.78 is 3.18. The molecule has 1 aliphatic rings. The van der Waals surface area contributed by atoms with Crippen molar-refractivity contribution in [1.29, 1.82) is 0 Å². The first-order chi connectivity index (χ1) is 9.67. The van der Waals surface area contributed by atoms with Crippen molar-refractivity contribution >= 4 is 33.2 Å². The van der Waals surface area contributed by atoms with Crippen LogP contribution < -0.4 is 0 Å². The van der Waals surface area contributed by atoms with Crippen LogP contribution in [0.3, 0.4) is 0 Å². The van der Waals surface area contributed by atoms with Crippen molar-refractivity contribution < 1.29 is 4.79 Å². The molecule has 3 heterocycles. The third-order valence-electron chi connectivity index (χ3n) is 3.60. The Morgan fingerprint density at radius 2 is 2.35 bits per heavy atom. The van der Waals surface area contributed by atoms with Crippen molar-refractivity contribution in [3.8, 4) is 0 Å². The van der Waals surface area contributed by atoms with E-state index in [9.17, 15) is 4.79 Å². The summed E-state index contributed by atoms with van der Waals surface area (Å²) >= 11 is 4.88. The normalized spacial score (nSPS) is 15.4. The lowest BCUT2D eigenvalue weighted by molar-refractivity contribution is 0.0472. The number of halogens is 1. The van der Waals surface area contributed by atoms with E-state index in [1.807, 2.05) is 28.7 Å². The minimum atomic E-state index is 0.151. The molecule has 2 aromatic rings. The Morgan fingerprint density at radius 3 is 3.00 bits per heavy atom. The summed E-state index contributed by atoms with van der Waals surface area (Å²) in [5.41, 5.74) is 0. The lowest BCUT2D eigenvalue weighted by Crippen LogP contribution is -2.51. The molecule has 0 atom stereocenters. The van der Waals surface area contributed by atoms with Crippen LogP contribution in [0.25, 0.3) is 0 Å². The Hall–Kier alpha value is -1.14. The van der Waals surface area contributed by atoms with Gasteiger partial charge in [-0.05, 0) is 22.0 Å². The van der Waals surface area contributed by atoms with E-state index in [2.05, 4.69) is 32.4 Å². The number of carbonyl (C=O) groups is 1. The zero-order valence-corrected chi connectivity index (χ0v) is 13.7. The summed E-state index contributed by atoms with van der Waals surface area (Å²) in [5, 5.41) is 1.95. The summed E-state index contributed by atoms with van der Waals surface area (Å²) in [4.78, 5) is 19.3. The van der Waals surface area contributed by atoms with Crippen molar-refractivity contribution in [3.05, 3.63) is 39.0 Å². The lowest BCUT2D eigenvalue weighted by atomic mass is 9.99. The first-order valence-corrected chi connectivity index (χ1v) is 8.38. The number of hydrogen-bond donors (Lipinski definition) is 0. The topological polar surface area (TPSA) is 38.1 Å². The Kier molecular flexibility index (Phi) is 3.94. The molecular weight excluding hydrogens is 338 g/mol. The molecular formula is C14H16BrN3OS. The van der Waals surface area contributed by atoms with Gasteiger partial charge in [0, 0.05) is 54.2 Å². The van der Waals surface area contributed by atoms with Crippen LogP contribution in [0.5, 0.6) is 0 Å². The van der Waals surface area contributed by atoms with Crippen LogP contribution in [-0.4, -0.2) is 33.4 Å². The SMILES string of the molecule is CCc1nccn1CC1CN(C(=O)c2cc(Br)cs2)C1. The summed E-state index contributed by atoms with van der Waals surface area (Å²) in [6.07, 6.45) is 4.83. The predicted molar refractivity (Wildman–Crippen MR) is 83.0 cm³/mol. The Bertz CT molecular complexity index is 615. The average molecular weight is 354 g/mol. The van der Waals surface area contributed by atoms with Gasteiger partial charge in [0.05, 0.1) is 4.88 Å². The number of likely N-dealkylation sites (tertiary alicyclic amines) is 1. The van der Waals surface area contributed by atoms with E-state index in [-0.39, 0.29) is 5.91 Å². The third-order valence-corrected chi connectivity index (χ3v) is 5.27. The largest absolute Gasteiger partial charge is 0.337 e. The number of nitrogens with zero attached hydrogens (tertiary/aromatic N) is 3. The van der Waals surface area contributed by atoms with Gasteiger partial charge in [-0.1, -0.05) is 6.92 Å². The minimum absolute atomic E-state index is 0.151. The molecule has 1 saturated heterocycles. The maximum absolute atomic E-state index is 12.2. The van der Waals surface area contributed by atoms with Gasteiger partial charge in [-0.2, -0.15) is 0 Å². The third kappa shape index (κ3) is 2.67. The molecule has 0 N–H and O–H groups in total. The molecule has 3 rings (SSSR count). The number of rotatable bonds is 4. The highest BCUT2D eigenvalue weighted by molar-refractivity contribution is 9.10. The summed E-state index contributed by atoms with van der Waals surface area (Å²) in [6.45, 7) is 4.76. The van der Waals surface area contributed by atoms with Gasteiger partial charge < -0.3 is 9.47 Å². The van der Waals surface area contributed by atoms with Crippen molar-refractivity contribution in [2.45, 2.75) is 19.9 Å². The molecule has 106 valence electrons. The van der Waals surface area contributed by atoms with Crippen LogP contribution in [0, 0.1) is 5.92 Å². The van der Waals surface area contributed by atoms with Gasteiger partial charge in [0.2, 0.25) is 0 Å². The quantitative estimate of drug-likeness (QED) is 0.847. The second-order valence-electron chi connectivity index (χ2n) is 5.05. The van der Waals surface area contributed by atoms with E-state index < -0.39 is 0 Å². The molecule has 0 radical (unpaired) electrons. The summed E-state index contributed by atoms with van der Waals surface area (Å²) in [7, 11) is 0. The van der Waals surface area contributed by atoms with Gasteiger partial charge in [-0.3, -0.25) is 4.79 Å². The van der Waals surface area contributed by atoms with Crippen LogP contribution in [0.1, 0.15) is 22.4 Å². The number of aryl methyl sites for hydroxylation is 1. The van der Waals surface area contributed by atoms with Crippen molar-refractivity contribution in [2.24, 2.45) is 5.92 Å². The number of amides is 1. The number of hydrogen-bond acceptors (Lipinski definition) is 3. The lowest BCUT2D eigenvalue weighted by Gasteiger charge is -2.39. The van der Waals surface area contributed by atoms with Gasteiger partial charge >= 0.3 is 0 Å². The Balaban J connectivity index is 1.55. The maximum Gasteiger partial charge on any atom is 0.263 e. The fourth-order valence-corrected chi connectivity index (χ4v) is 3.92. The Labute approximate surface area is 130 Å². The molecule has 6 heteroatoms. The van der Waals surface area contributed by atoms with Gasteiger partial charge in [0.25, 0.3) is 5.91 Å².